The monoisotopic (exact) mass is 420 g/mol. The van der Waals surface area contributed by atoms with Crippen molar-refractivity contribution in [2.24, 2.45) is 0 Å². The SMILES string of the molecule is CCc1nc(S/C(=C\c2ccc(-c3ccc([N+](=O)[O-])cc3Cl)o2)C(=O)O)n[nH]1. The average Bonchev–Trinajstić information content (AvgIpc) is 3.30. The van der Waals surface area contributed by atoms with E-state index in [1.54, 1.807) is 12.1 Å². The highest BCUT2D eigenvalue weighted by Gasteiger charge is 2.16. The van der Waals surface area contributed by atoms with E-state index in [9.17, 15) is 20.0 Å². The van der Waals surface area contributed by atoms with Crippen molar-refractivity contribution in [2.45, 2.75) is 18.5 Å². The minimum absolute atomic E-state index is 0.0302. The van der Waals surface area contributed by atoms with Crippen LogP contribution in [0.2, 0.25) is 5.02 Å². The minimum Gasteiger partial charge on any atom is -0.477 e. The van der Waals surface area contributed by atoms with Gasteiger partial charge in [0.1, 0.15) is 22.3 Å². The molecule has 28 heavy (non-hydrogen) atoms. The Hall–Kier alpha value is -3.11. The Labute approximate surface area is 167 Å². The fraction of sp³-hybridized carbons (Fsp3) is 0.118. The number of thioether (sulfide) groups is 1. The first kappa shape index (κ1) is 19.6. The lowest BCUT2D eigenvalue weighted by molar-refractivity contribution is -0.384. The van der Waals surface area contributed by atoms with E-state index in [1.165, 1.54) is 24.3 Å². The topological polar surface area (TPSA) is 135 Å². The van der Waals surface area contributed by atoms with Crippen LogP contribution >= 0.6 is 23.4 Å². The number of nitrogens with one attached hydrogen (secondary N) is 1. The molecule has 9 nitrogen and oxygen atoms in total. The van der Waals surface area contributed by atoms with Gasteiger partial charge >= 0.3 is 5.97 Å². The highest BCUT2D eigenvalue weighted by atomic mass is 35.5. The van der Waals surface area contributed by atoms with Crippen LogP contribution < -0.4 is 0 Å². The number of nitro groups is 1. The zero-order chi connectivity index (χ0) is 20.3. The number of hydrogen-bond donors (Lipinski definition) is 2. The van der Waals surface area contributed by atoms with Gasteiger partial charge in [0.2, 0.25) is 5.16 Å². The zero-order valence-electron chi connectivity index (χ0n) is 14.4. The number of rotatable bonds is 7. The van der Waals surface area contributed by atoms with Crippen molar-refractivity contribution in [3.05, 3.63) is 62.0 Å². The smallest absolute Gasteiger partial charge is 0.342 e. The van der Waals surface area contributed by atoms with Crippen LogP contribution in [0.4, 0.5) is 5.69 Å². The molecule has 0 fully saturated rings. The third kappa shape index (κ3) is 4.41. The molecule has 0 aliphatic heterocycles. The second kappa shape index (κ2) is 8.28. The second-order valence-corrected chi connectivity index (χ2v) is 6.87. The van der Waals surface area contributed by atoms with Crippen LogP contribution in [-0.4, -0.2) is 31.2 Å². The van der Waals surface area contributed by atoms with Crippen molar-refractivity contribution in [1.29, 1.82) is 0 Å². The van der Waals surface area contributed by atoms with Gasteiger partial charge in [-0.2, -0.15) is 0 Å². The van der Waals surface area contributed by atoms with E-state index < -0.39 is 10.9 Å². The Bertz CT molecular complexity index is 1080. The van der Waals surface area contributed by atoms with Crippen LogP contribution in [0, 0.1) is 10.1 Å². The summed E-state index contributed by atoms with van der Waals surface area (Å²) in [5.74, 6) is 0.132. The standard InChI is InChI=1S/C17H13ClN4O5S/c1-2-15-19-17(21-20-15)28-14(16(23)24)8-10-4-6-13(27-10)11-5-3-9(22(25)26)7-12(11)18/h3-8H,2H2,1H3,(H,23,24)(H,19,20,21)/b14-8-. The summed E-state index contributed by atoms with van der Waals surface area (Å²) in [4.78, 5) is 25.9. The van der Waals surface area contributed by atoms with E-state index in [1.807, 2.05) is 6.92 Å². The summed E-state index contributed by atoms with van der Waals surface area (Å²) in [5, 5.41) is 27.4. The molecule has 0 aliphatic carbocycles. The van der Waals surface area contributed by atoms with Gasteiger partial charge in [0.05, 0.1) is 9.95 Å². The van der Waals surface area contributed by atoms with Gasteiger partial charge in [-0.3, -0.25) is 15.2 Å². The van der Waals surface area contributed by atoms with Gasteiger partial charge in [0.15, 0.2) is 0 Å². The molecule has 0 unspecified atom stereocenters. The number of carboxylic acids is 1. The van der Waals surface area contributed by atoms with Crippen LogP contribution in [0.25, 0.3) is 17.4 Å². The Morgan fingerprint density at radius 3 is 2.82 bits per heavy atom. The molecule has 0 atom stereocenters. The van der Waals surface area contributed by atoms with Gasteiger partial charge in [0, 0.05) is 30.2 Å². The molecule has 0 aliphatic rings. The molecule has 11 heteroatoms. The van der Waals surface area contributed by atoms with E-state index in [0.29, 0.717) is 23.6 Å². The van der Waals surface area contributed by atoms with Gasteiger partial charge in [-0.1, -0.05) is 18.5 Å². The molecule has 0 saturated carbocycles. The molecule has 3 rings (SSSR count). The normalized spacial score (nSPS) is 11.6. The van der Waals surface area contributed by atoms with Crippen LogP contribution in [0.3, 0.4) is 0 Å². The summed E-state index contributed by atoms with van der Waals surface area (Å²) in [6, 6.07) is 7.19. The number of aliphatic carboxylic acids is 1. The maximum Gasteiger partial charge on any atom is 0.342 e. The Balaban J connectivity index is 1.86. The van der Waals surface area contributed by atoms with E-state index >= 15 is 0 Å². The number of aromatic amines is 1. The second-order valence-electron chi connectivity index (χ2n) is 5.46. The summed E-state index contributed by atoms with van der Waals surface area (Å²) in [6.07, 6.45) is 2.00. The maximum absolute atomic E-state index is 11.5. The summed E-state index contributed by atoms with van der Waals surface area (Å²) in [6.45, 7) is 1.90. The number of nitrogens with zero attached hydrogens (tertiary/aromatic N) is 3. The number of benzene rings is 1. The number of carboxylic acid groups (broad SMARTS) is 1. The molecule has 3 aromatic rings. The first-order valence-corrected chi connectivity index (χ1v) is 9.15. The molecule has 2 heterocycles. The molecule has 2 aromatic heterocycles. The summed E-state index contributed by atoms with van der Waals surface area (Å²) in [5.41, 5.74) is 0.320. The molecule has 0 spiro atoms. The summed E-state index contributed by atoms with van der Waals surface area (Å²) in [7, 11) is 0. The molecule has 0 bridgehead atoms. The minimum atomic E-state index is -1.15. The molecule has 0 amide bonds. The van der Waals surface area contributed by atoms with E-state index in [4.69, 9.17) is 16.0 Å². The lowest BCUT2D eigenvalue weighted by Gasteiger charge is -2.01. The Morgan fingerprint density at radius 1 is 1.43 bits per heavy atom. The van der Waals surface area contributed by atoms with Gasteiger partial charge in [-0.05, 0) is 30.0 Å². The number of aromatic nitrogens is 3. The summed E-state index contributed by atoms with van der Waals surface area (Å²) < 4.78 is 5.64. The van der Waals surface area contributed by atoms with Crippen molar-refractivity contribution in [3.8, 4) is 11.3 Å². The van der Waals surface area contributed by atoms with Gasteiger partial charge in [0.25, 0.3) is 5.69 Å². The maximum atomic E-state index is 11.5. The van der Waals surface area contributed by atoms with Crippen LogP contribution in [0.5, 0.6) is 0 Å². The predicted octanol–water partition coefficient (Wildman–Crippen LogP) is 4.41. The number of non-ortho nitro benzene ring substituents is 1. The lowest BCUT2D eigenvalue weighted by atomic mass is 10.1. The van der Waals surface area contributed by atoms with Gasteiger partial charge in [-0.15, -0.1) is 5.10 Å². The zero-order valence-corrected chi connectivity index (χ0v) is 16.0. The molecule has 0 radical (unpaired) electrons. The highest BCUT2D eigenvalue weighted by Crippen LogP contribution is 2.33. The van der Waals surface area contributed by atoms with E-state index in [0.717, 1.165) is 11.8 Å². The third-order valence-electron chi connectivity index (χ3n) is 3.59. The number of aryl methyl sites for hydroxylation is 1. The van der Waals surface area contributed by atoms with Crippen LogP contribution in [-0.2, 0) is 11.2 Å². The lowest BCUT2D eigenvalue weighted by Crippen LogP contribution is -1.97. The van der Waals surface area contributed by atoms with Crippen molar-refractivity contribution in [2.75, 3.05) is 0 Å². The number of H-pyrrole nitrogens is 1. The fourth-order valence-electron chi connectivity index (χ4n) is 2.24. The Morgan fingerprint density at radius 2 is 2.21 bits per heavy atom. The van der Waals surface area contributed by atoms with E-state index in [2.05, 4.69) is 15.2 Å². The summed E-state index contributed by atoms with van der Waals surface area (Å²) >= 11 is 6.99. The molecule has 2 N–H and O–H groups in total. The predicted molar refractivity (Wildman–Crippen MR) is 103 cm³/mol. The molecule has 144 valence electrons. The number of hydrogen-bond acceptors (Lipinski definition) is 7. The number of nitro benzene ring substituents is 1. The van der Waals surface area contributed by atoms with E-state index in [-0.39, 0.29) is 26.5 Å². The number of carbonyl (C=O) groups is 1. The molecular weight excluding hydrogens is 408 g/mol. The number of halogens is 1. The largest absolute Gasteiger partial charge is 0.477 e. The fourth-order valence-corrected chi connectivity index (χ4v) is 3.21. The quantitative estimate of drug-likeness (QED) is 0.248. The number of furan rings is 1. The molecule has 0 saturated heterocycles. The first-order valence-electron chi connectivity index (χ1n) is 7.95. The van der Waals surface area contributed by atoms with Crippen molar-refractivity contribution in [1.82, 2.24) is 15.2 Å². The molecular formula is C17H13ClN4O5S. The first-order chi connectivity index (χ1) is 13.4. The highest BCUT2D eigenvalue weighted by molar-refractivity contribution is 8.04. The molecule has 1 aromatic carbocycles. The van der Waals surface area contributed by atoms with Crippen molar-refractivity contribution in [3.63, 3.8) is 0 Å². The average molecular weight is 421 g/mol. The van der Waals surface area contributed by atoms with Crippen molar-refractivity contribution < 1.29 is 19.2 Å². The van der Waals surface area contributed by atoms with Crippen molar-refractivity contribution >= 4 is 41.1 Å². The van der Waals surface area contributed by atoms with Gasteiger partial charge < -0.3 is 9.52 Å². The third-order valence-corrected chi connectivity index (χ3v) is 4.78. The van der Waals surface area contributed by atoms with Crippen LogP contribution in [0.1, 0.15) is 18.5 Å². The van der Waals surface area contributed by atoms with Gasteiger partial charge in [-0.25, -0.2) is 9.78 Å². The van der Waals surface area contributed by atoms with Crippen LogP contribution in [0.15, 0.2) is 44.8 Å². The Kier molecular flexibility index (Phi) is 5.81.